The Balaban J connectivity index is 2.11. The second kappa shape index (κ2) is 8.20. The van der Waals surface area contributed by atoms with E-state index < -0.39 is 0 Å². The third-order valence-electron chi connectivity index (χ3n) is 3.39. The smallest absolute Gasteiger partial charge is 0.252 e. The highest BCUT2D eigenvalue weighted by molar-refractivity contribution is 6.35. The summed E-state index contributed by atoms with van der Waals surface area (Å²) in [5.41, 5.74) is 1.18. The van der Waals surface area contributed by atoms with Gasteiger partial charge in [-0.3, -0.25) is 4.79 Å². The number of amides is 1. The maximum atomic E-state index is 12.3. The second-order valence-corrected chi connectivity index (χ2v) is 5.64. The Morgan fingerprint density at radius 2 is 1.91 bits per heavy atom. The van der Waals surface area contributed by atoms with Crippen molar-refractivity contribution < 1.29 is 14.3 Å². The van der Waals surface area contributed by atoms with Crippen LogP contribution in [0.2, 0.25) is 10.0 Å². The van der Waals surface area contributed by atoms with Gasteiger partial charge in [-0.2, -0.15) is 0 Å². The molecule has 0 saturated heterocycles. The van der Waals surface area contributed by atoms with Crippen molar-refractivity contribution in [2.75, 3.05) is 20.8 Å². The summed E-state index contributed by atoms with van der Waals surface area (Å²) >= 11 is 11.9. The van der Waals surface area contributed by atoms with E-state index in [1.807, 2.05) is 24.3 Å². The van der Waals surface area contributed by atoms with Crippen LogP contribution >= 0.6 is 23.2 Å². The molecule has 0 radical (unpaired) electrons. The first-order chi connectivity index (χ1) is 11.1. The van der Waals surface area contributed by atoms with Crippen molar-refractivity contribution in [1.29, 1.82) is 0 Å². The maximum Gasteiger partial charge on any atom is 0.252 e. The summed E-state index contributed by atoms with van der Waals surface area (Å²) in [5, 5.41) is 3.60. The lowest BCUT2D eigenvalue weighted by Gasteiger charge is -2.19. The molecule has 2 aromatic rings. The highest BCUT2D eigenvalue weighted by Crippen LogP contribution is 2.27. The molecule has 1 atom stereocenters. The predicted octanol–water partition coefficient (Wildman–Crippen LogP) is 4.12. The molecular weight excluding hydrogens is 337 g/mol. The molecule has 0 aliphatic rings. The van der Waals surface area contributed by atoms with Gasteiger partial charge in [0.1, 0.15) is 11.9 Å². The topological polar surface area (TPSA) is 47.6 Å². The molecule has 0 saturated carbocycles. The third kappa shape index (κ3) is 4.38. The largest absolute Gasteiger partial charge is 0.496 e. The molecule has 4 nitrogen and oxygen atoms in total. The number of nitrogens with one attached hydrogen (secondary N) is 1. The van der Waals surface area contributed by atoms with Crippen LogP contribution in [-0.2, 0) is 4.74 Å². The van der Waals surface area contributed by atoms with E-state index in [0.717, 1.165) is 5.56 Å². The van der Waals surface area contributed by atoms with Gasteiger partial charge < -0.3 is 14.8 Å². The first-order valence-corrected chi connectivity index (χ1v) is 7.71. The Kier molecular flexibility index (Phi) is 6.28. The molecule has 0 aliphatic heterocycles. The number of para-hydroxylation sites is 1. The van der Waals surface area contributed by atoms with Crippen LogP contribution in [-0.4, -0.2) is 26.7 Å². The van der Waals surface area contributed by atoms with E-state index in [9.17, 15) is 4.79 Å². The Morgan fingerprint density at radius 3 is 2.61 bits per heavy atom. The molecule has 0 bridgehead atoms. The zero-order chi connectivity index (χ0) is 16.8. The van der Waals surface area contributed by atoms with Gasteiger partial charge in [0.2, 0.25) is 0 Å². The fraction of sp³-hybridized carbons (Fsp3) is 0.235. The average molecular weight is 354 g/mol. The molecule has 1 amide bonds. The number of carbonyl (C=O) groups excluding carboxylic acids is 1. The number of hydrogen-bond donors (Lipinski definition) is 1. The Labute approximate surface area is 145 Å². The molecule has 0 heterocycles. The minimum Gasteiger partial charge on any atom is -0.496 e. The number of methoxy groups -OCH3 is 2. The predicted molar refractivity (Wildman–Crippen MR) is 91.5 cm³/mol. The van der Waals surface area contributed by atoms with Gasteiger partial charge >= 0.3 is 0 Å². The van der Waals surface area contributed by atoms with Crippen LogP contribution in [0.25, 0.3) is 0 Å². The second-order valence-electron chi connectivity index (χ2n) is 4.80. The first-order valence-electron chi connectivity index (χ1n) is 6.95. The van der Waals surface area contributed by atoms with E-state index in [2.05, 4.69) is 5.32 Å². The van der Waals surface area contributed by atoms with Gasteiger partial charge in [0.15, 0.2) is 0 Å². The van der Waals surface area contributed by atoms with Gasteiger partial charge in [0, 0.05) is 24.2 Å². The van der Waals surface area contributed by atoms with Crippen LogP contribution < -0.4 is 10.1 Å². The maximum absolute atomic E-state index is 12.3. The Bertz CT molecular complexity index is 691. The number of benzene rings is 2. The summed E-state index contributed by atoms with van der Waals surface area (Å²) in [4.78, 5) is 12.3. The highest BCUT2D eigenvalue weighted by atomic mass is 35.5. The molecule has 2 rings (SSSR count). The van der Waals surface area contributed by atoms with Crippen molar-refractivity contribution >= 4 is 29.1 Å². The van der Waals surface area contributed by atoms with Crippen molar-refractivity contribution in [3.05, 3.63) is 63.6 Å². The molecule has 0 aliphatic carbocycles. The normalized spacial score (nSPS) is 11.8. The molecule has 0 aromatic heterocycles. The number of carbonyl (C=O) groups is 1. The molecule has 0 spiro atoms. The zero-order valence-electron chi connectivity index (χ0n) is 12.8. The van der Waals surface area contributed by atoms with E-state index in [1.54, 1.807) is 26.4 Å². The molecule has 0 fully saturated rings. The van der Waals surface area contributed by atoms with Crippen LogP contribution in [0.1, 0.15) is 22.0 Å². The fourth-order valence-corrected chi connectivity index (χ4v) is 2.58. The van der Waals surface area contributed by atoms with Crippen molar-refractivity contribution in [1.82, 2.24) is 5.32 Å². The van der Waals surface area contributed by atoms with E-state index in [-0.39, 0.29) is 18.6 Å². The minimum atomic E-state index is -0.340. The van der Waals surface area contributed by atoms with Crippen LogP contribution in [0.3, 0.4) is 0 Å². The number of halogens is 2. The van der Waals surface area contributed by atoms with Crippen LogP contribution in [0.15, 0.2) is 42.5 Å². The Hall–Kier alpha value is -1.75. The molecule has 6 heteroatoms. The summed E-state index contributed by atoms with van der Waals surface area (Å²) in [6.45, 7) is 0.276. The highest BCUT2D eigenvalue weighted by Gasteiger charge is 2.18. The Morgan fingerprint density at radius 1 is 1.17 bits per heavy atom. The molecule has 1 unspecified atom stereocenters. The van der Waals surface area contributed by atoms with Gasteiger partial charge in [-0.05, 0) is 24.3 Å². The summed E-state index contributed by atoms with van der Waals surface area (Å²) in [7, 11) is 3.17. The third-order valence-corrected chi connectivity index (χ3v) is 3.96. The van der Waals surface area contributed by atoms with Gasteiger partial charge in [-0.15, -0.1) is 0 Å². The summed E-state index contributed by atoms with van der Waals surface area (Å²) in [5.74, 6) is 0.392. The number of rotatable bonds is 6. The van der Waals surface area contributed by atoms with Crippen molar-refractivity contribution in [3.8, 4) is 5.75 Å². The van der Waals surface area contributed by atoms with Crippen LogP contribution in [0, 0.1) is 0 Å². The summed E-state index contributed by atoms with van der Waals surface area (Å²) in [6.07, 6.45) is -0.340. The average Bonchev–Trinajstić information content (AvgIpc) is 2.57. The van der Waals surface area contributed by atoms with E-state index >= 15 is 0 Å². The van der Waals surface area contributed by atoms with E-state index in [1.165, 1.54) is 6.07 Å². The van der Waals surface area contributed by atoms with Crippen molar-refractivity contribution in [3.63, 3.8) is 0 Å². The SMILES string of the molecule is COc1ccccc1C(CNC(=O)c1cc(Cl)ccc1Cl)OC. The van der Waals surface area contributed by atoms with Crippen molar-refractivity contribution in [2.45, 2.75) is 6.10 Å². The number of hydrogen-bond acceptors (Lipinski definition) is 3. The van der Waals surface area contributed by atoms with Crippen LogP contribution in [0.5, 0.6) is 5.75 Å². The number of ether oxygens (including phenoxy) is 2. The lowest BCUT2D eigenvalue weighted by atomic mass is 10.1. The molecule has 2 aromatic carbocycles. The van der Waals surface area contributed by atoms with Crippen LogP contribution in [0.4, 0.5) is 0 Å². The summed E-state index contributed by atoms with van der Waals surface area (Å²) in [6, 6.07) is 12.3. The quantitative estimate of drug-likeness (QED) is 0.849. The van der Waals surface area contributed by atoms with E-state index in [4.69, 9.17) is 32.7 Å². The first kappa shape index (κ1) is 17.6. The molecule has 23 heavy (non-hydrogen) atoms. The van der Waals surface area contributed by atoms with E-state index in [0.29, 0.717) is 21.4 Å². The fourth-order valence-electron chi connectivity index (χ4n) is 2.20. The summed E-state index contributed by atoms with van der Waals surface area (Å²) < 4.78 is 10.8. The van der Waals surface area contributed by atoms with Gasteiger partial charge in [-0.1, -0.05) is 41.4 Å². The van der Waals surface area contributed by atoms with Gasteiger partial charge in [0.25, 0.3) is 5.91 Å². The zero-order valence-corrected chi connectivity index (χ0v) is 14.3. The van der Waals surface area contributed by atoms with Crippen molar-refractivity contribution in [2.24, 2.45) is 0 Å². The lowest BCUT2D eigenvalue weighted by molar-refractivity contribution is 0.0819. The van der Waals surface area contributed by atoms with Gasteiger partial charge in [0.05, 0.1) is 17.7 Å². The molecule has 122 valence electrons. The lowest BCUT2D eigenvalue weighted by Crippen LogP contribution is -2.29. The van der Waals surface area contributed by atoms with Gasteiger partial charge in [-0.25, -0.2) is 0 Å². The minimum absolute atomic E-state index is 0.276. The standard InChI is InChI=1S/C17H17Cl2NO3/c1-22-15-6-4-3-5-12(15)16(23-2)10-20-17(21)13-9-11(18)7-8-14(13)19/h3-9,16H,10H2,1-2H3,(H,20,21). The molecule has 1 N–H and O–H groups in total. The molecular formula is C17H17Cl2NO3. The monoisotopic (exact) mass is 353 g/mol.